The lowest BCUT2D eigenvalue weighted by Crippen LogP contribution is -2.50. The number of methoxy groups -OCH3 is 2. The summed E-state index contributed by atoms with van der Waals surface area (Å²) in [5.74, 6) is 0.734. The summed E-state index contributed by atoms with van der Waals surface area (Å²) in [6.45, 7) is 0.845. The predicted octanol–water partition coefficient (Wildman–Crippen LogP) is 2.87. The van der Waals surface area contributed by atoms with E-state index >= 15 is 0 Å². The number of carbonyl (C=O) groups excluding carboxylic acids is 1. The van der Waals surface area contributed by atoms with Crippen LogP contribution in [-0.4, -0.2) is 50.4 Å². The van der Waals surface area contributed by atoms with Crippen LogP contribution in [0.4, 0.5) is 0 Å². The molecule has 126 valence electrons. The third-order valence-corrected chi connectivity index (χ3v) is 6.24. The average molecular weight is 448 g/mol. The number of nitrogens with one attached hydrogen (secondary N) is 1. The standard InChI is InChI=1S/C16H20Br2N2O3/c1-20-14(23-3)13(16(15(20)21)5-4-6-19-16)9-7-12(22-2)11(18)8-10(9)17/h7-8,13-14,19H,4-6H2,1-3H3. The van der Waals surface area contributed by atoms with E-state index in [1.54, 1.807) is 19.1 Å². The topological polar surface area (TPSA) is 50.8 Å². The maximum absolute atomic E-state index is 12.9. The van der Waals surface area contributed by atoms with Crippen LogP contribution in [0.2, 0.25) is 0 Å². The Balaban J connectivity index is 2.17. The fourth-order valence-corrected chi connectivity index (χ4v) is 5.30. The molecule has 1 aromatic carbocycles. The smallest absolute Gasteiger partial charge is 0.245 e. The van der Waals surface area contributed by atoms with Crippen molar-refractivity contribution < 1.29 is 14.3 Å². The number of amides is 1. The van der Waals surface area contributed by atoms with E-state index in [-0.39, 0.29) is 18.1 Å². The van der Waals surface area contributed by atoms with Crippen molar-refractivity contribution in [3.05, 3.63) is 26.6 Å². The molecular formula is C16H20Br2N2O3. The Bertz CT molecular complexity index is 632. The lowest BCUT2D eigenvalue weighted by atomic mass is 9.79. The Morgan fingerprint density at radius 3 is 2.61 bits per heavy atom. The molecular weight excluding hydrogens is 428 g/mol. The molecule has 3 unspecified atom stereocenters. The van der Waals surface area contributed by atoms with E-state index in [1.165, 1.54) is 0 Å². The molecule has 1 amide bonds. The molecule has 3 rings (SSSR count). The molecule has 0 saturated carbocycles. The summed E-state index contributed by atoms with van der Waals surface area (Å²) in [5.41, 5.74) is 0.417. The molecule has 2 aliphatic rings. The van der Waals surface area contributed by atoms with Gasteiger partial charge in [-0.3, -0.25) is 4.79 Å². The van der Waals surface area contributed by atoms with Gasteiger partial charge in [-0.25, -0.2) is 0 Å². The van der Waals surface area contributed by atoms with Crippen LogP contribution in [0.25, 0.3) is 0 Å². The minimum atomic E-state index is -0.600. The summed E-state index contributed by atoms with van der Waals surface area (Å²) in [6, 6.07) is 3.95. The fourth-order valence-electron chi connectivity index (χ4n) is 3.90. The van der Waals surface area contributed by atoms with Crippen LogP contribution in [0.5, 0.6) is 5.75 Å². The monoisotopic (exact) mass is 446 g/mol. The SMILES string of the molecule is COc1cc(C2C(OC)N(C)C(=O)C23CCCN3)c(Br)cc1Br. The molecule has 0 aromatic heterocycles. The van der Waals surface area contributed by atoms with E-state index in [2.05, 4.69) is 37.2 Å². The molecule has 2 aliphatic heterocycles. The van der Waals surface area contributed by atoms with E-state index in [4.69, 9.17) is 9.47 Å². The number of carbonyl (C=O) groups is 1. The van der Waals surface area contributed by atoms with Crippen molar-refractivity contribution in [3.8, 4) is 5.75 Å². The van der Waals surface area contributed by atoms with Gasteiger partial charge < -0.3 is 19.7 Å². The Kier molecular flexibility index (Phi) is 4.75. The van der Waals surface area contributed by atoms with E-state index < -0.39 is 5.54 Å². The summed E-state index contributed by atoms with van der Waals surface area (Å²) in [4.78, 5) is 14.7. The van der Waals surface area contributed by atoms with Crippen LogP contribution in [0.3, 0.4) is 0 Å². The minimum absolute atomic E-state index is 0.0978. The molecule has 2 fully saturated rings. The first-order valence-corrected chi connectivity index (χ1v) is 9.13. The fraction of sp³-hybridized carbons (Fsp3) is 0.562. The molecule has 5 nitrogen and oxygen atoms in total. The summed E-state index contributed by atoms with van der Waals surface area (Å²) >= 11 is 7.15. The lowest BCUT2D eigenvalue weighted by Gasteiger charge is -2.31. The molecule has 3 atom stereocenters. The maximum atomic E-state index is 12.9. The molecule has 0 bridgehead atoms. The van der Waals surface area contributed by atoms with Gasteiger partial charge in [0.2, 0.25) is 5.91 Å². The van der Waals surface area contributed by atoms with Gasteiger partial charge in [0.25, 0.3) is 0 Å². The van der Waals surface area contributed by atoms with E-state index in [0.29, 0.717) is 0 Å². The van der Waals surface area contributed by atoms with Crippen molar-refractivity contribution in [2.24, 2.45) is 0 Å². The Morgan fingerprint density at radius 1 is 1.30 bits per heavy atom. The summed E-state index contributed by atoms with van der Waals surface area (Å²) in [6.07, 6.45) is 1.49. The number of nitrogens with zero attached hydrogens (tertiary/aromatic N) is 1. The van der Waals surface area contributed by atoms with Gasteiger partial charge in [0.05, 0.1) is 17.5 Å². The molecule has 23 heavy (non-hydrogen) atoms. The van der Waals surface area contributed by atoms with Crippen molar-refractivity contribution in [2.45, 2.75) is 30.5 Å². The van der Waals surface area contributed by atoms with Crippen LogP contribution in [0.1, 0.15) is 24.3 Å². The zero-order valence-electron chi connectivity index (χ0n) is 13.4. The van der Waals surface area contributed by atoms with Crippen LogP contribution in [-0.2, 0) is 9.53 Å². The second kappa shape index (κ2) is 6.35. The second-order valence-corrected chi connectivity index (χ2v) is 7.74. The Hall–Kier alpha value is -0.630. The normalized spacial score (nSPS) is 30.5. The van der Waals surface area contributed by atoms with Gasteiger partial charge in [0, 0.05) is 18.6 Å². The maximum Gasteiger partial charge on any atom is 0.245 e. The third kappa shape index (κ3) is 2.52. The van der Waals surface area contributed by atoms with Gasteiger partial charge in [-0.1, -0.05) is 15.9 Å². The highest BCUT2D eigenvalue weighted by atomic mass is 79.9. The van der Waals surface area contributed by atoms with Crippen LogP contribution in [0, 0.1) is 0 Å². The number of rotatable bonds is 3. The molecule has 1 N–H and O–H groups in total. The lowest BCUT2D eigenvalue weighted by molar-refractivity contribution is -0.136. The minimum Gasteiger partial charge on any atom is -0.496 e. The zero-order valence-corrected chi connectivity index (χ0v) is 16.5. The van der Waals surface area contributed by atoms with Crippen LogP contribution >= 0.6 is 31.9 Å². The van der Waals surface area contributed by atoms with Crippen molar-refractivity contribution in [3.63, 3.8) is 0 Å². The van der Waals surface area contributed by atoms with Crippen molar-refractivity contribution >= 4 is 37.8 Å². The Labute approximate surface area is 153 Å². The molecule has 1 aromatic rings. The second-order valence-electron chi connectivity index (χ2n) is 6.03. The van der Waals surface area contributed by atoms with Gasteiger partial charge in [0.1, 0.15) is 17.5 Å². The first-order chi connectivity index (χ1) is 11.0. The van der Waals surface area contributed by atoms with Crippen LogP contribution < -0.4 is 10.1 Å². The van der Waals surface area contributed by atoms with E-state index in [9.17, 15) is 4.79 Å². The molecule has 7 heteroatoms. The quantitative estimate of drug-likeness (QED) is 0.773. The number of hydrogen-bond donors (Lipinski definition) is 1. The zero-order chi connectivity index (χ0) is 16.8. The third-order valence-electron chi connectivity index (χ3n) is 4.94. The summed E-state index contributed by atoms with van der Waals surface area (Å²) < 4.78 is 13.0. The van der Waals surface area contributed by atoms with Gasteiger partial charge >= 0.3 is 0 Å². The van der Waals surface area contributed by atoms with Gasteiger partial charge in [0.15, 0.2) is 0 Å². The van der Waals surface area contributed by atoms with Crippen molar-refractivity contribution in [1.29, 1.82) is 0 Å². The van der Waals surface area contributed by atoms with E-state index in [1.807, 2.05) is 19.2 Å². The number of likely N-dealkylation sites (tertiary alicyclic amines) is 1. The van der Waals surface area contributed by atoms with Gasteiger partial charge in [-0.15, -0.1) is 0 Å². The highest BCUT2D eigenvalue weighted by molar-refractivity contribution is 9.11. The average Bonchev–Trinajstić information content (AvgIpc) is 3.09. The first kappa shape index (κ1) is 17.2. The van der Waals surface area contributed by atoms with Crippen molar-refractivity contribution in [1.82, 2.24) is 10.2 Å². The number of halogens is 2. The number of likely N-dealkylation sites (N-methyl/N-ethyl adjacent to an activating group) is 1. The number of benzene rings is 1. The number of hydrogen-bond acceptors (Lipinski definition) is 4. The molecule has 0 aliphatic carbocycles. The van der Waals surface area contributed by atoms with Crippen molar-refractivity contribution in [2.75, 3.05) is 27.8 Å². The van der Waals surface area contributed by atoms with Gasteiger partial charge in [-0.05, 0) is 53.0 Å². The molecule has 2 saturated heterocycles. The largest absolute Gasteiger partial charge is 0.496 e. The van der Waals surface area contributed by atoms with E-state index in [0.717, 1.165) is 39.6 Å². The van der Waals surface area contributed by atoms with Crippen LogP contribution in [0.15, 0.2) is 21.1 Å². The highest BCUT2D eigenvalue weighted by Gasteiger charge is 2.60. The highest BCUT2D eigenvalue weighted by Crippen LogP contribution is 2.49. The molecule has 0 radical (unpaired) electrons. The number of ether oxygens (including phenoxy) is 2. The summed E-state index contributed by atoms with van der Waals surface area (Å²) in [5, 5.41) is 3.46. The Morgan fingerprint density at radius 2 is 2.04 bits per heavy atom. The summed E-state index contributed by atoms with van der Waals surface area (Å²) in [7, 11) is 5.10. The molecule has 2 heterocycles. The molecule has 1 spiro atoms. The predicted molar refractivity (Wildman–Crippen MR) is 94.7 cm³/mol. The first-order valence-electron chi connectivity index (χ1n) is 7.54. The van der Waals surface area contributed by atoms with Gasteiger partial charge in [-0.2, -0.15) is 0 Å².